The minimum atomic E-state index is 0.0549. The molecule has 0 fully saturated rings. The van der Waals surface area contributed by atoms with Crippen molar-refractivity contribution in [2.24, 2.45) is 5.10 Å². The van der Waals surface area contributed by atoms with Crippen LogP contribution >= 0.6 is 0 Å². The highest BCUT2D eigenvalue weighted by molar-refractivity contribution is 6.12. The third kappa shape index (κ3) is 2.77. The van der Waals surface area contributed by atoms with Crippen LogP contribution in [0.25, 0.3) is 0 Å². The lowest BCUT2D eigenvalue weighted by molar-refractivity contribution is -0.116. The molecule has 1 aliphatic heterocycles. The van der Waals surface area contributed by atoms with Gasteiger partial charge in [-0.25, -0.2) is 5.01 Å². The normalized spacial score (nSPS) is 14.5. The fourth-order valence-corrected chi connectivity index (χ4v) is 2.32. The zero-order valence-corrected chi connectivity index (χ0v) is 11.2. The molecule has 3 nitrogen and oxygen atoms in total. The van der Waals surface area contributed by atoms with Crippen molar-refractivity contribution in [3.63, 3.8) is 0 Å². The number of hydrogen-bond acceptors (Lipinski definition) is 2. The zero-order chi connectivity index (χ0) is 13.8. The van der Waals surface area contributed by atoms with Crippen molar-refractivity contribution in [1.29, 1.82) is 0 Å². The van der Waals surface area contributed by atoms with Crippen LogP contribution in [0.15, 0.2) is 65.8 Å². The summed E-state index contributed by atoms with van der Waals surface area (Å²) < 4.78 is 0. The number of hydrogen-bond donors (Lipinski definition) is 0. The number of carbonyl (C=O) groups is 1. The van der Waals surface area contributed by atoms with Crippen molar-refractivity contribution in [2.45, 2.75) is 19.3 Å². The smallest absolute Gasteiger partial charge is 0.253 e. The molecule has 0 aliphatic carbocycles. The molecule has 0 N–H and O–H groups in total. The van der Waals surface area contributed by atoms with E-state index in [9.17, 15) is 4.79 Å². The topological polar surface area (TPSA) is 32.7 Å². The first kappa shape index (κ1) is 12.6. The molecular formula is C17H16N2O. The molecule has 0 spiro atoms. The second kappa shape index (κ2) is 5.70. The van der Waals surface area contributed by atoms with E-state index in [1.54, 1.807) is 0 Å². The van der Waals surface area contributed by atoms with E-state index in [0.717, 1.165) is 24.2 Å². The van der Waals surface area contributed by atoms with Crippen LogP contribution in [-0.2, 0) is 11.2 Å². The van der Waals surface area contributed by atoms with Crippen molar-refractivity contribution < 1.29 is 4.79 Å². The third-order valence-electron chi connectivity index (χ3n) is 3.38. The van der Waals surface area contributed by atoms with Gasteiger partial charge in [-0.3, -0.25) is 4.79 Å². The number of rotatable bonds is 4. The van der Waals surface area contributed by atoms with E-state index >= 15 is 0 Å². The minimum absolute atomic E-state index is 0.0549. The Bertz CT molecular complexity index is 620. The average molecular weight is 264 g/mol. The lowest BCUT2D eigenvalue weighted by atomic mass is 10.1. The van der Waals surface area contributed by atoms with Gasteiger partial charge in [-0.15, -0.1) is 0 Å². The van der Waals surface area contributed by atoms with Gasteiger partial charge in [-0.2, -0.15) is 5.10 Å². The zero-order valence-electron chi connectivity index (χ0n) is 11.2. The van der Waals surface area contributed by atoms with Crippen molar-refractivity contribution in [3.05, 3.63) is 66.2 Å². The van der Waals surface area contributed by atoms with Crippen molar-refractivity contribution in [3.8, 4) is 0 Å². The van der Waals surface area contributed by atoms with Crippen LogP contribution < -0.4 is 5.01 Å². The minimum Gasteiger partial charge on any atom is -0.272 e. The van der Waals surface area contributed by atoms with Gasteiger partial charge in [-0.1, -0.05) is 48.5 Å². The maximum absolute atomic E-state index is 12.0. The maximum atomic E-state index is 12.0. The summed E-state index contributed by atoms with van der Waals surface area (Å²) in [4.78, 5) is 12.0. The van der Waals surface area contributed by atoms with Crippen molar-refractivity contribution >= 4 is 17.3 Å². The Hall–Kier alpha value is -2.42. The Kier molecular flexibility index (Phi) is 3.59. The first-order valence-electron chi connectivity index (χ1n) is 6.81. The van der Waals surface area contributed by atoms with Gasteiger partial charge >= 0.3 is 0 Å². The van der Waals surface area contributed by atoms with Crippen LogP contribution in [-0.4, -0.2) is 11.6 Å². The number of aryl methyl sites for hydroxylation is 1. The first-order valence-corrected chi connectivity index (χ1v) is 6.81. The number of hydrazone groups is 1. The lowest BCUT2D eigenvalue weighted by Crippen LogP contribution is -2.19. The van der Waals surface area contributed by atoms with Crippen LogP contribution in [0.1, 0.15) is 18.4 Å². The fraction of sp³-hybridized carbons (Fsp3) is 0.176. The molecule has 0 saturated heterocycles. The first-order chi connectivity index (χ1) is 9.83. The van der Waals surface area contributed by atoms with E-state index < -0.39 is 0 Å². The summed E-state index contributed by atoms with van der Waals surface area (Å²) in [6.45, 7) is 0. The van der Waals surface area contributed by atoms with Crippen molar-refractivity contribution in [2.75, 3.05) is 5.01 Å². The van der Waals surface area contributed by atoms with Gasteiger partial charge in [0.2, 0.25) is 0 Å². The molecule has 3 rings (SSSR count). The lowest BCUT2D eigenvalue weighted by Gasteiger charge is -2.10. The molecular weight excluding hydrogens is 248 g/mol. The summed E-state index contributed by atoms with van der Waals surface area (Å²) >= 11 is 0. The summed E-state index contributed by atoms with van der Waals surface area (Å²) in [6.07, 6.45) is 2.19. The summed E-state index contributed by atoms with van der Waals surface area (Å²) in [7, 11) is 0. The second-order valence-corrected chi connectivity index (χ2v) is 4.87. The summed E-state index contributed by atoms with van der Waals surface area (Å²) in [5.74, 6) is 0.0549. The molecule has 1 heterocycles. The maximum Gasteiger partial charge on any atom is 0.253 e. The standard InChI is InChI=1S/C17H16N2O/c20-17-13-15(12-11-14-7-3-1-4-8-14)18-19(17)16-9-5-2-6-10-16/h1-10H,11-13H2. The van der Waals surface area contributed by atoms with E-state index in [4.69, 9.17) is 0 Å². The highest BCUT2D eigenvalue weighted by Crippen LogP contribution is 2.21. The average Bonchev–Trinajstić information content (AvgIpc) is 2.88. The van der Waals surface area contributed by atoms with E-state index in [0.29, 0.717) is 6.42 Å². The molecule has 0 atom stereocenters. The summed E-state index contributed by atoms with van der Waals surface area (Å²) in [6, 6.07) is 19.9. The molecule has 2 aromatic rings. The van der Waals surface area contributed by atoms with Gasteiger partial charge in [0.05, 0.1) is 12.1 Å². The Morgan fingerprint density at radius 2 is 1.55 bits per heavy atom. The van der Waals surface area contributed by atoms with Crippen LogP contribution in [0.2, 0.25) is 0 Å². The molecule has 100 valence electrons. The number of anilines is 1. The number of amides is 1. The monoisotopic (exact) mass is 264 g/mol. The Labute approximate surface area is 118 Å². The molecule has 3 heteroatoms. The summed E-state index contributed by atoms with van der Waals surface area (Å²) in [5, 5.41) is 5.97. The molecule has 0 saturated carbocycles. The van der Waals surface area contributed by atoms with Gasteiger partial charge in [-0.05, 0) is 30.5 Å². The van der Waals surface area contributed by atoms with Gasteiger partial charge in [0.25, 0.3) is 5.91 Å². The number of para-hydroxylation sites is 1. The van der Waals surface area contributed by atoms with E-state index in [1.807, 2.05) is 48.5 Å². The molecule has 0 unspecified atom stereocenters. The molecule has 1 amide bonds. The van der Waals surface area contributed by atoms with Gasteiger partial charge in [0.15, 0.2) is 0 Å². The number of benzene rings is 2. The van der Waals surface area contributed by atoms with Crippen LogP contribution in [0.5, 0.6) is 0 Å². The molecule has 0 bridgehead atoms. The molecule has 20 heavy (non-hydrogen) atoms. The predicted octanol–water partition coefficient (Wildman–Crippen LogP) is 3.41. The number of carbonyl (C=O) groups excluding carboxylic acids is 1. The van der Waals surface area contributed by atoms with Gasteiger partial charge in [0.1, 0.15) is 0 Å². The Balaban J connectivity index is 1.68. The van der Waals surface area contributed by atoms with Crippen LogP contribution in [0.3, 0.4) is 0 Å². The predicted molar refractivity (Wildman–Crippen MR) is 80.7 cm³/mol. The van der Waals surface area contributed by atoms with Gasteiger partial charge in [0, 0.05) is 5.71 Å². The second-order valence-electron chi connectivity index (χ2n) is 4.87. The van der Waals surface area contributed by atoms with E-state index in [-0.39, 0.29) is 5.91 Å². The molecule has 0 aromatic heterocycles. The van der Waals surface area contributed by atoms with E-state index in [1.165, 1.54) is 10.6 Å². The Morgan fingerprint density at radius 1 is 0.900 bits per heavy atom. The van der Waals surface area contributed by atoms with Gasteiger partial charge < -0.3 is 0 Å². The van der Waals surface area contributed by atoms with Crippen LogP contribution in [0, 0.1) is 0 Å². The molecule has 1 aliphatic rings. The molecule has 0 radical (unpaired) electrons. The summed E-state index contributed by atoms with van der Waals surface area (Å²) in [5.41, 5.74) is 3.08. The largest absolute Gasteiger partial charge is 0.272 e. The van der Waals surface area contributed by atoms with Crippen molar-refractivity contribution in [1.82, 2.24) is 0 Å². The quantitative estimate of drug-likeness (QED) is 0.833. The highest BCUT2D eigenvalue weighted by Gasteiger charge is 2.24. The number of nitrogens with zero attached hydrogens (tertiary/aromatic N) is 2. The van der Waals surface area contributed by atoms with Crippen LogP contribution in [0.4, 0.5) is 5.69 Å². The Morgan fingerprint density at radius 3 is 2.25 bits per heavy atom. The SMILES string of the molecule is O=C1CC(CCc2ccccc2)=NN1c1ccccc1. The molecule has 2 aromatic carbocycles. The third-order valence-corrected chi connectivity index (χ3v) is 3.38. The van der Waals surface area contributed by atoms with E-state index in [2.05, 4.69) is 17.2 Å². The highest BCUT2D eigenvalue weighted by atomic mass is 16.2. The fourth-order valence-electron chi connectivity index (χ4n) is 2.32.